The van der Waals surface area contributed by atoms with Gasteiger partial charge < -0.3 is 5.32 Å². The van der Waals surface area contributed by atoms with Crippen molar-refractivity contribution in [2.45, 2.75) is 6.54 Å². The van der Waals surface area contributed by atoms with Crippen LogP contribution in [0, 0.1) is 0 Å². The van der Waals surface area contributed by atoms with Crippen LogP contribution in [0.4, 0.5) is 0 Å². The fraction of sp³-hybridized carbons (Fsp3) is 0.273. The van der Waals surface area contributed by atoms with Crippen LogP contribution in [-0.4, -0.2) is 20.7 Å². The maximum atomic E-state index is 10.7. The first kappa shape index (κ1) is 12.5. The lowest BCUT2D eigenvalue weighted by molar-refractivity contribution is 0.592. The van der Waals surface area contributed by atoms with E-state index in [1.54, 1.807) is 11.3 Å². The molecule has 1 heterocycles. The molecule has 0 atom stereocenters. The van der Waals surface area contributed by atoms with Gasteiger partial charge in [-0.25, -0.2) is 13.6 Å². The van der Waals surface area contributed by atoms with Crippen molar-refractivity contribution in [1.29, 1.82) is 0 Å². The molecule has 0 amide bonds. The van der Waals surface area contributed by atoms with Crippen LogP contribution < -0.4 is 10.5 Å². The number of primary sulfonamides is 1. The molecule has 1 aromatic heterocycles. The molecule has 1 aromatic carbocycles. The predicted molar refractivity (Wildman–Crippen MR) is 71.5 cm³/mol. The number of sulfonamides is 1. The van der Waals surface area contributed by atoms with Crippen molar-refractivity contribution in [3.63, 3.8) is 0 Å². The van der Waals surface area contributed by atoms with Gasteiger partial charge in [0.1, 0.15) is 0 Å². The number of nitrogens with one attached hydrogen (secondary N) is 1. The second-order valence-electron chi connectivity index (χ2n) is 3.80. The number of hydrogen-bond acceptors (Lipinski definition) is 4. The smallest absolute Gasteiger partial charge is 0.210 e. The van der Waals surface area contributed by atoms with E-state index in [-0.39, 0.29) is 5.75 Å². The standard InChI is InChI=1S/C11H14N2O2S2/c12-17(14,15)6-5-13-7-9-8-16-11-4-2-1-3-10(9)11/h1-4,8,13H,5-7H2,(H2,12,14,15). The first-order valence-electron chi connectivity index (χ1n) is 5.22. The molecule has 0 unspecified atom stereocenters. The SMILES string of the molecule is NS(=O)(=O)CCNCc1csc2ccccc12. The maximum absolute atomic E-state index is 10.7. The minimum absolute atomic E-state index is 0.0327. The Morgan fingerprint density at radius 3 is 2.82 bits per heavy atom. The Labute approximate surface area is 104 Å². The molecule has 0 spiro atoms. The van der Waals surface area contributed by atoms with Gasteiger partial charge in [0.05, 0.1) is 5.75 Å². The summed E-state index contributed by atoms with van der Waals surface area (Å²) in [5, 5.41) is 11.3. The minimum atomic E-state index is -3.37. The first-order chi connectivity index (χ1) is 8.06. The number of hydrogen-bond donors (Lipinski definition) is 2. The average Bonchev–Trinajstić information content (AvgIpc) is 2.67. The van der Waals surface area contributed by atoms with Crippen molar-refractivity contribution in [2.75, 3.05) is 12.3 Å². The second-order valence-corrected chi connectivity index (χ2v) is 6.45. The van der Waals surface area contributed by atoms with Crippen LogP contribution in [0.25, 0.3) is 10.1 Å². The van der Waals surface area contributed by atoms with Crippen molar-refractivity contribution in [2.24, 2.45) is 5.14 Å². The van der Waals surface area contributed by atoms with Crippen molar-refractivity contribution in [3.8, 4) is 0 Å². The predicted octanol–water partition coefficient (Wildman–Crippen LogP) is 1.28. The summed E-state index contributed by atoms with van der Waals surface area (Å²) in [6.07, 6.45) is 0. The van der Waals surface area contributed by atoms with Crippen LogP contribution in [0.3, 0.4) is 0 Å². The number of rotatable bonds is 5. The second kappa shape index (κ2) is 5.14. The van der Waals surface area contributed by atoms with E-state index in [2.05, 4.69) is 22.8 Å². The number of benzene rings is 1. The molecule has 0 aliphatic heterocycles. The molecule has 0 saturated carbocycles. The first-order valence-corrected chi connectivity index (χ1v) is 7.82. The van der Waals surface area contributed by atoms with Crippen molar-refractivity contribution < 1.29 is 8.42 Å². The molecule has 0 radical (unpaired) electrons. The number of fused-ring (bicyclic) bond motifs is 1. The zero-order valence-corrected chi connectivity index (χ0v) is 10.9. The molecule has 0 bridgehead atoms. The maximum Gasteiger partial charge on any atom is 0.210 e. The molecule has 0 fully saturated rings. The highest BCUT2D eigenvalue weighted by Crippen LogP contribution is 2.25. The quantitative estimate of drug-likeness (QED) is 0.804. The highest BCUT2D eigenvalue weighted by molar-refractivity contribution is 7.89. The third kappa shape index (κ3) is 3.50. The Morgan fingerprint density at radius 1 is 1.29 bits per heavy atom. The van der Waals surface area contributed by atoms with Gasteiger partial charge in [0, 0.05) is 17.8 Å². The van der Waals surface area contributed by atoms with E-state index in [0.717, 1.165) is 0 Å². The lowest BCUT2D eigenvalue weighted by Crippen LogP contribution is -2.26. The van der Waals surface area contributed by atoms with Crippen molar-refractivity contribution in [1.82, 2.24) is 5.32 Å². The Hall–Kier alpha value is -0.950. The Morgan fingerprint density at radius 2 is 2.06 bits per heavy atom. The van der Waals surface area contributed by atoms with Crippen molar-refractivity contribution in [3.05, 3.63) is 35.2 Å². The van der Waals surface area contributed by atoms with Crippen LogP contribution in [0.15, 0.2) is 29.6 Å². The summed E-state index contributed by atoms with van der Waals surface area (Å²) in [5.41, 5.74) is 1.19. The van der Waals surface area contributed by atoms with Gasteiger partial charge in [0.15, 0.2) is 0 Å². The van der Waals surface area contributed by atoms with E-state index in [1.165, 1.54) is 15.6 Å². The number of thiophene rings is 1. The molecule has 2 rings (SSSR count). The summed E-state index contributed by atoms with van der Waals surface area (Å²) in [6, 6.07) is 8.16. The van der Waals surface area contributed by atoms with E-state index < -0.39 is 10.0 Å². The molecule has 17 heavy (non-hydrogen) atoms. The van der Waals surface area contributed by atoms with Crippen LogP contribution in [-0.2, 0) is 16.6 Å². The highest BCUT2D eigenvalue weighted by atomic mass is 32.2. The molecular formula is C11H14N2O2S2. The molecule has 4 nitrogen and oxygen atoms in total. The minimum Gasteiger partial charge on any atom is -0.312 e. The highest BCUT2D eigenvalue weighted by Gasteiger charge is 2.04. The Balaban J connectivity index is 1.96. The van der Waals surface area contributed by atoms with Gasteiger partial charge in [-0.3, -0.25) is 0 Å². The molecule has 92 valence electrons. The average molecular weight is 270 g/mol. The third-order valence-electron chi connectivity index (χ3n) is 2.44. The van der Waals surface area contributed by atoms with Gasteiger partial charge in [0.25, 0.3) is 0 Å². The molecule has 0 aliphatic rings. The van der Waals surface area contributed by atoms with Gasteiger partial charge in [-0.2, -0.15) is 0 Å². The summed E-state index contributed by atoms with van der Waals surface area (Å²) >= 11 is 1.69. The zero-order valence-electron chi connectivity index (χ0n) is 9.22. The fourth-order valence-corrected chi connectivity index (χ4v) is 3.00. The topological polar surface area (TPSA) is 72.2 Å². The van der Waals surface area contributed by atoms with Crippen LogP contribution in [0.5, 0.6) is 0 Å². The van der Waals surface area contributed by atoms with Crippen LogP contribution >= 0.6 is 11.3 Å². The van der Waals surface area contributed by atoms with E-state index in [1.807, 2.05) is 12.1 Å². The molecule has 6 heteroatoms. The van der Waals surface area contributed by atoms with Crippen molar-refractivity contribution >= 4 is 31.4 Å². The largest absolute Gasteiger partial charge is 0.312 e. The summed E-state index contributed by atoms with van der Waals surface area (Å²) in [5.74, 6) is -0.0327. The van der Waals surface area contributed by atoms with E-state index in [9.17, 15) is 8.42 Å². The van der Waals surface area contributed by atoms with E-state index >= 15 is 0 Å². The fourth-order valence-electron chi connectivity index (χ4n) is 1.61. The van der Waals surface area contributed by atoms with E-state index in [4.69, 9.17) is 5.14 Å². The molecular weight excluding hydrogens is 256 g/mol. The lowest BCUT2D eigenvalue weighted by atomic mass is 10.2. The van der Waals surface area contributed by atoms with Gasteiger partial charge in [0.2, 0.25) is 10.0 Å². The third-order valence-corrected chi connectivity index (χ3v) is 4.23. The lowest BCUT2D eigenvalue weighted by Gasteiger charge is -2.02. The van der Waals surface area contributed by atoms with Gasteiger partial charge in [-0.05, 0) is 22.4 Å². The monoisotopic (exact) mass is 270 g/mol. The summed E-state index contributed by atoms with van der Waals surface area (Å²) < 4.78 is 22.7. The Kier molecular flexibility index (Phi) is 3.78. The summed E-state index contributed by atoms with van der Waals surface area (Å²) in [7, 11) is -3.37. The van der Waals surface area contributed by atoms with Crippen LogP contribution in [0.1, 0.15) is 5.56 Å². The number of nitrogens with two attached hydrogens (primary N) is 1. The van der Waals surface area contributed by atoms with Gasteiger partial charge >= 0.3 is 0 Å². The Bertz CT molecular complexity index is 605. The zero-order chi connectivity index (χ0) is 12.3. The molecule has 0 saturated heterocycles. The summed E-state index contributed by atoms with van der Waals surface area (Å²) in [4.78, 5) is 0. The van der Waals surface area contributed by atoms with Gasteiger partial charge in [-0.1, -0.05) is 18.2 Å². The molecule has 2 aromatic rings. The van der Waals surface area contributed by atoms with E-state index in [0.29, 0.717) is 13.1 Å². The van der Waals surface area contributed by atoms with Crippen LogP contribution in [0.2, 0.25) is 0 Å². The normalized spacial score (nSPS) is 12.1. The van der Waals surface area contributed by atoms with Gasteiger partial charge in [-0.15, -0.1) is 11.3 Å². The molecule has 0 aliphatic carbocycles. The molecule has 3 N–H and O–H groups in total. The summed E-state index contributed by atoms with van der Waals surface area (Å²) in [6.45, 7) is 1.04.